The molecular weight excluding hydrogens is 372 g/mol. The predicted octanol–water partition coefficient (Wildman–Crippen LogP) is 3.88. The van der Waals surface area contributed by atoms with Crippen LogP contribution in [0.3, 0.4) is 0 Å². The van der Waals surface area contributed by atoms with Gasteiger partial charge in [0.1, 0.15) is 0 Å². The molecule has 0 atom stereocenters. The monoisotopic (exact) mass is 396 g/mol. The highest BCUT2D eigenvalue weighted by Crippen LogP contribution is 2.24. The molecule has 0 radical (unpaired) electrons. The summed E-state index contributed by atoms with van der Waals surface area (Å²) in [6.45, 7) is 5.16. The lowest BCUT2D eigenvalue weighted by Crippen LogP contribution is -2.42. The lowest BCUT2D eigenvalue weighted by molar-refractivity contribution is 0.102. The van der Waals surface area contributed by atoms with Gasteiger partial charge in [0.25, 0.3) is 5.91 Å². The Morgan fingerprint density at radius 1 is 0.967 bits per heavy atom. The summed E-state index contributed by atoms with van der Waals surface area (Å²) < 4.78 is 0. The van der Waals surface area contributed by atoms with Gasteiger partial charge in [-0.3, -0.25) is 9.69 Å². The summed E-state index contributed by atoms with van der Waals surface area (Å²) >= 11 is 0. The van der Waals surface area contributed by atoms with Gasteiger partial charge in [0.05, 0.1) is 11.6 Å². The quantitative estimate of drug-likeness (QED) is 0.687. The third-order valence-electron chi connectivity index (χ3n) is 5.25. The van der Waals surface area contributed by atoms with Crippen LogP contribution in [0.15, 0.2) is 72.8 Å². The van der Waals surface area contributed by atoms with Crippen molar-refractivity contribution in [3.8, 4) is 17.2 Å². The molecule has 1 amide bonds. The zero-order valence-corrected chi connectivity index (χ0v) is 16.8. The zero-order valence-electron chi connectivity index (χ0n) is 16.8. The Kier molecular flexibility index (Phi) is 6.19. The van der Waals surface area contributed by atoms with Gasteiger partial charge in [-0.2, -0.15) is 5.26 Å². The summed E-state index contributed by atoms with van der Waals surface area (Å²) in [7, 11) is 0. The second-order valence-electron chi connectivity index (χ2n) is 7.45. The lowest BCUT2D eigenvalue weighted by Gasteiger charge is -2.27. The maximum absolute atomic E-state index is 12.6. The molecule has 3 aromatic rings. The molecule has 30 heavy (non-hydrogen) atoms. The second-order valence-corrected chi connectivity index (χ2v) is 7.45. The molecule has 1 aliphatic heterocycles. The highest BCUT2D eigenvalue weighted by atomic mass is 16.1. The number of rotatable bonds is 5. The van der Waals surface area contributed by atoms with Gasteiger partial charge in [-0.25, -0.2) is 0 Å². The molecule has 3 aromatic carbocycles. The Labute approximate surface area is 177 Å². The molecule has 1 heterocycles. The highest BCUT2D eigenvalue weighted by molar-refractivity contribution is 6.04. The Hall–Kier alpha value is -3.46. The third kappa shape index (κ3) is 4.93. The first-order valence-corrected chi connectivity index (χ1v) is 10.2. The molecule has 5 heteroatoms. The number of nitrogens with zero attached hydrogens (tertiary/aromatic N) is 2. The Bertz CT molecular complexity index is 1080. The van der Waals surface area contributed by atoms with Crippen LogP contribution in [0.2, 0.25) is 0 Å². The number of carbonyl (C=O) groups is 1. The van der Waals surface area contributed by atoms with E-state index in [9.17, 15) is 4.79 Å². The molecule has 4 rings (SSSR count). The number of nitrogens with one attached hydrogen (secondary N) is 2. The number of amides is 1. The van der Waals surface area contributed by atoms with Crippen LogP contribution < -0.4 is 10.6 Å². The summed E-state index contributed by atoms with van der Waals surface area (Å²) in [6.07, 6.45) is 0. The number of carbonyl (C=O) groups excluding carboxylic acids is 1. The van der Waals surface area contributed by atoms with Crippen LogP contribution in [0, 0.1) is 11.3 Å². The Morgan fingerprint density at radius 2 is 1.70 bits per heavy atom. The molecule has 1 aliphatic rings. The van der Waals surface area contributed by atoms with Gasteiger partial charge in [-0.15, -0.1) is 0 Å². The minimum absolute atomic E-state index is 0.225. The van der Waals surface area contributed by atoms with Crippen LogP contribution in [0.25, 0.3) is 11.1 Å². The summed E-state index contributed by atoms with van der Waals surface area (Å²) in [6, 6.07) is 25.2. The van der Waals surface area contributed by atoms with E-state index < -0.39 is 0 Å². The van der Waals surface area contributed by atoms with E-state index in [2.05, 4.69) is 51.9 Å². The second kappa shape index (κ2) is 9.36. The largest absolute Gasteiger partial charge is 0.322 e. The van der Waals surface area contributed by atoms with Crippen molar-refractivity contribution in [2.45, 2.75) is 6.54 Å². The number of anilines is 1. The van der Waals surface area contributed by atoms with Gasteiger partial charge in [0.2, 0.25) is 0 Å². The van der Waals surface area contributed by atoms with Crippen LogP contribution in [-0.4, -0.2) is 37.0 Å². The summed E-state index contributed by atoms with van der Waals surface area (Å²) in [5, 5.41) is 15.4. The van der Waals surface area contributed by atoms with Crippen molar-refractivity contribution in [3.63, 3.8) is 0 Å². The molecule has 0 saturated carbocycles. The molecule has 1 saturated heterocycles. The standard InChI is InChI=1S/C25H24N4O/c26-17-19-4-1-8-23(14-19)25(30)28-24-9-3-7-22(16-24)21-6-2-5-20(15-21)18-29-12-10-27-11-13-29/h1-9,14-16,27H,10-13,18H2,(H,28,30). The number of hydrogen-bond donors (Lipinski definition) is 2. The number of piperazine rings is 1. The first-order valence-electron chi connectivity index (χ1n) is 10.2. The van der Waals surface area contributed by atoms with E-state index in [4.69, 9.17) is 5.26 Å². The fourth-order valence-corrected chi connectivity index (χ4v) is 3.69. The topological polar surface area (TPSA) is 68.2 Å². The molecule has 1 fully saturated rings. The predicted molar refractivity (Wildman–Crippen MR) is 119 cm³/mol. The zero-order chi connectivity index (χ0) is 20.8. The SMILES string of the molecule is N#Cc1cccc(C(=O)Nc2cccc(-c3cccc(CN4CCNCC4)c3)c2)c1. The fourth-order valence-electron chi connectivity index (χ4n) is 3.69. The third-order valence-corrected chi connectivity index (χ3v) is 5.25. The molecule has 0 aliphatic carbocycles. The molecule has 0 spiro atoms. The van der Waals surface area contributed by atoms with Gasteiger partial charge in [-0.1, -0.05) is 36.4 Å². The van der Waals surface area contributed by atoms with Crippen molar-refractivity contribution in [1.29, 1.82) is 5.26 Å². The van der Waals surface area contributed by atoms with E-state index in [0.29, 0.717) is 11.1 Å². The first-order chi connectivity index (χ1) is 14.7. The summed E-state index contributed by atoms with van der Waals surface area (Å²) in [5.74, 6) is -0.225. The first kappa shape index (κ1) is 19.8. The van der Waals surface area contributed by atoms with Gasteiger partial charge in [0, 0.05) is 44.0 Å². The van der Waals surface area contributed by atoms with Crippen LogP contribution in [-0.2, 0) is 6.54 Å². The van der Waals surface area contributed by atoms with Crippen molar-refractivity contribution in [3.05, 3.63) is 89.5 Å². The van der Waals surface area contributed by atoms with Gasteiger partial charge >= 0.3 is 0 Å². The average molecular weight is 396 g/mol. The lowest BCUT2D eigenvalue weighted by atomic mass is 10.0. The Morgan fingerprint density at radius 3 is 2.50 bits per heavy atom. The van der Waals surface area contributed by atoms with Crippen molar-refractivity contribution in [2.24, 2.45) is 0 Å². The molecule has 2 N–H and O–H groups in total. The minimum Gasteiger partial charge on any atom is -0.322 e. The molecule has 0 aromatic heterocycles. The molecule has 0 unspecified atom stereocenters. The van der Waals surface area contributed by atoms with E-state index in [-0.39, 0.29) is 5.91 Å². The van der Waals surface area contributed by atoms with Gasteiger partial charge < -0.3 is 10.6 Å². The normalized spacial score (nSPS) is 14.1. The van der Waals surface area contributed by atoms with Crippen molar-refractivity contribution in [1.82, 2.24) is 10.2 Å². The highest BCUT2D eigenvalue weighted by Gasteiger charge is 2.11. The number of nitriles is 1. The maximum Gasteiger partial charge on any atom is 0.255 e. The Balaban J connectivity index is 1.49. The van der Waals surface area contributed by atoms with Gasteiger partial charge in [-0.05, 0) is 53.1 Å². The smallest absolute Gasteiger partial charge is 0.255 e. The van der Waals surface area contributed by atoms with Crippen LogP contribution in [0.4, 0.5) is 5.69 Å². The molecule has 0 bridgehead atoms. The fraction of sp³-hybridized carbons (Fsp3) is 0.200. The average Bonchev–Trinajstić information content (AvgIpc) is 2.80. The van der Waals surface area contributed by atoms with E-state index in [1.54, 1.807) is 24.3 Å². The van der Waals surface area contributed by atoms with E-state index in [1.807, 2.05) is 18.2 Å². The molecule has 150 valence electrons. The van der Waals surface area contributed by atoms with E-state index >= 15 is 0 Å². The number of benzene rings is 3. The maximum atomic E-state index is 12.6. The van der Waals surface area contributed by atoms with Gasteiger partial charge in [0.15, 0.2) is 0 Å². The molecule has 5 nitrogen and oxygen atoms in total. The van der Waals surface area contributed by atoms with E-state index in [0.717, 1.165) is 49.5 Å². The summed E-state index contributed by atoms with van der Waals surface area (Å²) in [4.78, 5) is 15.0. The number of hydrogen-bond acceptors (Lipinski definition) is 4. The van der Waals surface area contributed by atoms with E-state index in [1.165, 1.54) is 5.56 Å². The van der Waals surface area contributed by atoms with Crippen molar-refractivity contribution < 1.29 is 4.79 Å². The van der Waals surface area contributed by atoms with Crippen LogP contribution >= 0.6 is 0 Å². The molecular formula is C25H24N4O. The van der Waals surface area contributed by atoms with Crippen LogP contribution in [0.1, 0.15) is 21.5 Å². The van der Waals surface area contributed by atoms with Crippen LogP contribution in [0.5, 0.6) is 0 Å². The minimum atomic E-state index is -0.225. The van der Waals surface area contributed by atoms with Crippen molar-refractivity contribution in [2.75, 3.05) is 31.5 Å². The summed E-state index contributed by atoms with van der Waals surface area (Å²) in [5.41, 5.74) is 5.14. The van der Waals surface area contributed by atoms with Crippen molar-refractivity contribution >= 4 is 11.6 Å².